The van der Waals surface area contributed by atoms with E-state index in [1.54, 1.807) is 51.8 Å². The first kappa shape index (κ1) is 69.3. The molecule has 1 fully saturated rings. The van der Waals surface area contributed by atoms with Crippen LogP contribution in [0.5, 0.6) is 0 Å². The number of fused-ring (bicyclic) bond motifs is 2. The number of phosphoric acid groups is 2. The number of H-pyrrole nitrogens is 1. The van der Waals surface area contributed by atoms with E-state index in [1.165, 1.54) is 31.8 Å². The molecule has 5 atom stereocenters. The summed E-state index contributed by atoms with van der Waals surface area (Å²) in [6.07, 6.45) is 10.1. The lowest BCUT2D eigenvalue weighted by atomic mass is 9.85. The van der Waals surface area contributed by atoms with Gasteiger partial charge >= 0.3 is 0 Å². The van der Waals surface area contributed by atoms with Gasteiger partial charge < -0.3 is 60.1 Å². The molecule has 4 amide bonds. The quantitative estimate of drug-likeness (QED) is 0.0175. The molecule has 0 aliphatic carbocycles. The molecule has 4 aromatic heterocycles. The first-order valence-corrected chi connectivity index (χ1v) is 35.1. The molecule has 0 spiro atoms. The van der Waals surface area contributed by atoms with Crippen molar-refractivity contribution in [1.29, 1.82) is 0 Å². The lowest BCUT2D eigenvalue weighted by Gasteiger charge is -2.35. The van der Waals surface area contributed by atoms with Crippen molar-refractivity contribution in [3.63, 3.8) is 0 Å². The molecule has 0 saturated carbocycles. The minimum Gasteiger partial charge on any atom is -0.756 e. The molecule has 2 unspecified atom stereocenters. The first-order chi connectivity index (χ1) is 42.5. The molecule has 2 aromatic carbocycles. The van der Waals surface area contributed by atoms with Gasteiger partial charge in [-0.1, -0.05) is 83.6 Å². The number of carbonyl (C=O) groups excluding carboxylic acids is 4. The number of amides is 4. The zero-order chi connectivity index (χ0) is 65.3. The Morgan fingerprint density at radius 1 is 0.944 bits per heavy atom. The molecule has 25 nitrogen and oxygen atoms in total. The number of ether oxygens (including phenoxy) is 1. The predicted molar refractivity (Wildman–Crippen MR) is 329 cm³/mol. The summed E-state index contributed by atoms with van der Waals surface area (Å²) in [5.74, 6) is -4.69. The standard InChI is InChI=1S/C59H76F2N10O15P2S2/c1-36-52(89-34-67-36)38-18-16-37(17-19-38)27-66-56(74)48-25-42(83-35-85-88(79,80)86-87(77,78)84-22-20-62)31-71(48)58(76)53(59(2,3)4)68-49(72)15-13-11-9-7-8-10-12-14-21-63-55(73)43-26-47-44(23-39(43)33-90(6,81)82)45-32-69(5)57(75)51-50(45)40(28-64-51)30-70(47)54-46(61)24-41(60)29-65-54/h16-19,23-24,26,28-29,32,34,42,48,53,64H,7-15,20-22,25,27,30-31,33,35,62H2,1-6H3,(H,63,73)(H,66,74)(H,68,72)(H,77,78)(H,79,80)/p-2/t42-,48+,53-/m1/s1. The van der Waals surface area contributed by atoms with E-state index in [2.05, 4.69) is 44.3 Å². The van der Waals surface area contributed by atoms with Gasteiger partial charge in [0.25, 0.3) is 27.1 Å². The molecule has 8 rings (SSSR count). The van der Waals surface area contributed by atoms with Crippen LogP contribution in [0, 0.1) is 24.0 Å². The molecule has 488 valence electrons. The second-order valence-corrected chi connectivity index (χ2v) is 29.4. The van der Waals surface area contributed by atoms with Gasteiger partial charge in [0.1, 0.15) is 23.4 Å². The Labute approximate surface area is 523 Å². The van der Waals surface area contributed by atoms with Crippen LogP contribution in [0.25, 0.3) is 32.5 Å². The molecular weight excluding hydrogens is 1250 g/mol. The number of anilines is 2. The van der Waals surface area contributed by atoms with Gasteiger partial charge in [-0.3, -0.25) is 37.6 Å². The fraction of sp³-hybridized carbons (Fsp3) is 0.475. The molecule has 6 N–H and O–H groups in total. The third kappa shape index (κ3) is 17.9. The Kier molecular flexibility index (Phi) is 22.9. The Morgan fingerprint density at radius 2 is 1.63 bits per heavy atom. The number of likely N-dealkylation sites (tertiary alicyclic amines) is 1. The smallest absolute Gasteiger partial charge is 0.276 e. The van der Waals surface area contributed by atoms with E-state index in [-0.39, 0.29) is 85.2 Å². The highest BCUT2D eigenvalue weighted by atomic mass is 32.2. The van der Waals surface area contributed by atoms with E-state index in [0.29, 0.717) is 47.4 Å². The number of aryl methyl sites for hydroxylation is 2. The van der Waals surface area contributed by atoms with E-state index in [9.17, 15) is 55.7 Å². The third-order valence-corrected chi connectivity index (χ3v) is 19.7. The summed E-state index contributed by atoms with van der Waals surface area (Å²) in [7, 11) is -13.0. The SMILES string of the molecule is Cc1ncsc1-c1ccc(CNC(=O)[C@@H]2C[C@@H](OCOP(=O)([O-])OP(=O)([O-])OCCN)CN2C(=O)[C@@H](NC(=O)CCCCCCCCCCNC(=O)c2cc3c(cc2CS(C)(=O)=O)-c2cn(C)c(=O)c4[nH]cc(c24)CN3c2ncc(F)cc2F)C(C)(C)C)cc1. The number of nitrogens with two attached hydrogens (primary N) is 1. The number of hydrogen-bond donors (Lipinski definition) is 5. The second-order valence-electron chi connectivity index (χ2n) is 23.4. The minimum absolute atomic E-state index is 0.0340. The van der Waals surface area contributed by atoms with Crippen molar-refractivity contribution in [2.75, 3.05) is 44.2 Å². The van der Waals surface area contributed by atoms with E-state index in [1.807, 2.05) is 31.2 Å². The number of pyridine rings is 2. The molecular formula is C59H74F2N10O15P2S2-2. The average Bonchev–Trinajstić information content (AvgIpc) is 1.54. The summed E-state index contributed by atoms with van der Waals surface area (Å²) in [5, 5.41) is 9.21. The number of carbonyl (C=O) groups is 4. The molecule has 0 radical (unpaired) electrons. The minimum atomic E-state index is -5.53. The van der Waals surface area contributed by atoms with Crippen molar-refractivity contribution < 1.29 is 73.4 Å². The molecule has 0 bridgehead atoms. The van der Waals surface area contributed by atoms with Crippen molar-refractivity contribution in [1.82, 2.24) is 40.4 Å². The Balaban J connectivity index is 0.823. The van der Waals surface area contributed by atoms with Gasteiger partial charge in [-0.2, -0.15) is 0 Å². The Morgan fingerprint density at radius 3 is 2.29 bits per heavy atom. The lowest BCUT2D eigenvalue weighted by Crippen LogP contribution is -2.57. The number of benzene rings is 2. The number of rotatable bonds is 30. The summed E-state index contributed by atoms with van der Waals surface area (Å²) >= 11 is 1.50. The summed E-state index contributed by atoms with van der Waals surface area (Å²) in [6.45, 7) is 5.48. The van der Waals surface area contributed by atoms with Crippen LogP contribution in [0.2, 0.25) is 0 Å². The molecule has 2 aliphatic rings. The third-order valence-electron chi connectivity index (χ3n) is 15.3. The van der Waals surface area contributed by atoms with Crippen LogP contribution in [0.15, 0.2) is 71.4 Å². The van der Waals surface area contributed by atoms with Gasteiger partial charge in [0.2, 0.25) is 17.7 Å². The zero-order valence-corrected chi connectivity index (χ0v) is 54.1. The monoisotopic (exact) mass is 1330 g/mol. The molecule has 6 heterocycles. The van der Waals surface area contributed by atoms with Crippen molar-refractivity contribution in [3.05, 3.63) is 117 Å². The number of hydrogen-bond acceptors (Lipinski definition) is 20. The normalized spacial score (nSPS) is 16.7. The summed E-state index contributed by atoms with van der Waals surface area (Å²) in [6, 6.07) is 9.03. The van der Waals surface area contributed by atoms with Crippen molar-refractivity contribution in [2.24, 2.45) is 18.2 Å². The number of aromatic nitrogens is 4. The molecule has 90 heavy (non-hydrogen) atoms. The molecule has 6 aromatic rings. The van der Waals surface area contributed by atoms with Crippen LogP contribution < -0.4 is 41.9 Å². The number of thiazole rings is 1. The number of nitrogens with zero attached hydrogens (tertiary/aromatic N) is 5. The largest absolute Gasteiger partial charge is 0.756 e. The second kappa shape index (κ2) is 29.8. The number of aromatic amines is 1. The van der Waals surface area contributed by atoms with Gasteiger partial charge in [-0.05, 0) is 59.6 Å². The highest BCUT2D eigenvalue weighted by molar-refractivity contribution is 7.89. The number of nitrogens with one attached hydrogen (secondary N) is 4. The molecule has 31 heteroatoms. The zero-order valence-electron chi connectivity index (χ0n) is 50.7. The van der Waals surface area contributed by atoms with Gasteiger partial charge in [0, 0.05) is 92.9 Å². The Hall–Kier alpha value is -6.62. The van der Waals surface area contributed by atoms with Crippen molar-refractivity contribution >= 4 is 82.9 Å². The van der Waals surface area contributed by atoms with Crippen molar-refractivity contribution in [2.45, 2.75) is 129 Å². The van der Waals surface area contributed by atoms with Crippen LogP contribution in [0.1, 0.15) is 118 Å². The lowest BCUT2D eigenvalue weighted by molar-refractivity contribution is -0.248. The van der Waals surface area contributed by atoms with Gasteiger partial charge in [0.15, 0.2) is 28.3 Å². The number of sulfone groups is 1. The average molecular weight is 1330 g/mol. The fourth-order valence-corrected chi connectivity index (χ4v) is 14.4. The van der Waals surface area contributed by atoms with Crippen LogP contribution in [0.4, 0.5) is 20.3 Å². The number of unbranched alkanes of at least 4 members (excludes halogenated alkanes) is 7. The van der Waals surface area contributed by atoms with Crippen LogP contribution in [-0.2, 0) is 77.3 Å². The van der Waals surface area contributed by atoms with Gasteiger partial charge in [-0.15, -0.1) is 11.3 Å². The highest BCUT2D eigenvalue weighted by Gasteiger charge is 2.45. The summed E-state index contributed by atoms with van der Waals surface area (Å²) < 4.78 is 99.8. The number of phosphoric ester groups is 2. The van der Waals surface area contributed by atoms with E-state index < -0.39 is 97.6 Å². The maximum Gasteiger partial charge on any atom is 0.276 e. The van der Waals surface area contributed by atoms with E-state index in [4.69, 9.17) is 10.5 Å². The Bertz CT molecular complexity index is 3880. The predicted octanol–water partition coefficient (Wildman–Crippen LogP) is 6.81. The van der Waals surface area contributed by atoms with Crippen molar-refractivity contribution in [3.8, 4) is 21.6 Å². The topological polar surface area (TPSA) is 352 Å². The maximum atomic E-state index is 15.6. The molecule has 2 aliphatic heterocycles. The van der Waals surface area contributed by atoms with Crippen LogP contribution in [0.3, 0.4) is 0 Å². The van der Waals surface area contributed by atoms with Gasteiger partial charge in [-0.25, -0.2) is 31.5 Å². The maximum absolute atomic E-state index is 15.6. The number of halogens is 2. The summed E-state index contributed by atoms with van der Waals surface area (Å²) in [4.78, 5) is 109. The van der Waals surface area contributed by atoms with Crippen LogP contribution in [-0.4, -0.2) is 114 Å². The first-order valence-electron chi connectivity index (χ1n) is 29.3. The summed E-state index contributed by atoms with van der Waals surface area (Å²) in [5.41, 5.74) is 10.7. The van der Waals surface area contributed by atoms with Gasteiger partial charge in [0.05, 0.1) is 53.0 Å². The van der Waals surface area contributed by atoms with Crippen LogP contribution >= 0.6 is 27.0 Å². The van der Waals surface area contributed by atoms with E-state index in [0.717, 1.165) is 66.3 Å². The molecule has 1 saturated heterocycles. The highest BCUT2D eigenvalue weighted by Crippen LogP contribution is 2.55. The fourth-order valence-electron chi connectivity index (χ4n) is 10.9. The van der Waals surface area contributed by atoms with E-state index >= 15 is 4.39 Å².